The lowest BCUT2D eigenvalue weighted by molar-refractivity contribution is 0.0519. The fourth-order valence-electron chi connectivity index (χ4n) is 1.23. The van der Waals surface area contributed by atoms with Crippen LogP contribution in [0.2, 0.25) is 0 Å². The van der Waals surface area contributed by atoms with E-state index in [4.69, 9.17) is 4.74 Å². The van der Waals surface area contributed by atoms with Crippen molar-refractivity contribution in [3.8, 4) is 0 Å². The van der Waals surface area contributed by atoms with Crippen molar-refractivity contribution in [3.63, 3.8) is 0 Å². The number of rotatable bonds is 5. The number of ether oxygens (including phenoxy) is 1. The third-order valence-electron chi connectivity index (χ3n) is 2.04. The summed E-state index contributed by atoms with van der Waals surface area (Å²) in [5, 5.41) is 2.79. The van der Waals surface area contributed by atoms with E-state index < -0.39 is 5.60 Å². The lowest BCUT2D eigenvalue weighted by atomic mass is 10.1. The molecule has 0 aliphatic carbocycles. The Labute approximate surface area is 93.6 Å². The summed E-state index contributed by atoms with van der Waals surface area (Å²) in [6, 6.07) is 0. The van der Waals surface area contributed by atoms with E-state index in [1.165, 1.54) is 12.8 Å². The molecule has 0 spiro atoms. The van der Waals surface area contributed by atoms with Crippen molar-refractivity contribution in [2.75, 3.05) is 6.54 Å². The van der Waals surface area contributed by atoms with Crippen molar-refractivity contribution in [2.45, 2.75) is 59.5 Å². The highest BCUT2D eigenvalue weighted by Gasteiger charge is 2.16. The second-order valence-corrected chi connectivity index (χ2v) is 5.13. The van der Waals surface area contributed by atoms with Crippen molar-refractivity contribution in [1.82, 2.24) is 5.32 Å². The van der Waals surface area contributed by atoms with Gasteiger partial charge in [-0.2, -0.15) is 0 Å². The summed E-state index contributed by atoms with van der Waals surface area (Å²) in [7, 11) is 0. The normalized spacial score (nSPS) is 13.4. The number of carbonyl (C=O) groups excluding carboxylic acids is 1. The van der Waals surface area contributed by atoms with E-state index >= 15 is 0 Å². The van der Waals surface area contributed by atoms with Crippen LogP contribution in [0.4, 0.5) is 4.79 Å². The number of hydrogen-bond acceptors (Lipinski definition) is 2. The summed E-state index contributed by atoms with van der Waals surface area (Å²) in [6.07, 6.45) is 3.27. The molecule has 0 aliphatic heterocycles. The first-order valence-corrected chi connectivity index (χ1v) is 5.82. The molecule has 1 unspecified atom stereocenters. The van der Waals surface area contributed by atoms with E-state index in [1.54, 1.807) is 0 Å². The summed E-state index contributed by atoms with van der Waals surface area (Å²) in [6.45, 7) is 10.6. The first-order chi connectivity index (χ1) is 6.85. The van der Waals surface area contributed by atoms with Crippen LogP contribution in [0.1, 0.15) is 53.9 Å². The second kappa shape index (κ2) is 6.70. The molecule has 0 rings (SSSR count). The lowest BCUT2D eigenvalue weighted by Gasteiger charge is -2.20. The van der Waals surface area contributed by atoms with Crippen LogP contribution in [0.15, 0.2) is 0 Å². The van der Waals surface area contributed by atoms with Crippen molar-refractivity contribution in [1.29, 1.82) is 0 Å². The van der Waals surface area contributed by atoms with Gasteiger partial charge in [0.25, 0.3) is 0 Å². The zero-order valence-corrected chi connectivity index (χ0v) is 10.7. The maximum Gasteiger partial charge on any atom is 0.407 e. The number of hydrogen-bond donors (Lipinski definition) is 1. The van der Waals surface area contributed by atoms with Crippen molar-refractivity contribution >= 4 is 6.09 Å². The van der Waals surface area contributed by atoms with Gasteiger partial charge in [-0.25, -0.2) is 4.79 Å². The molecule has 1 amide bonds. The Bertz CT molecular complexity index is 185. The van der Waals surface area contributed by atoms with E-state index in [1.807, 2.05) is 20.8 Å². The average molecular weight is 215 g/mol. The molecule has 0 bridgehead atoms. The highest BCUT2D eigenvalue weighted by atomic mass is 16.6. The van der Waals surface area contributed by atoms with E-state index in [0.717, 1.165) is 6.42 Å². The van der Waals surface area contributed by atoms with Crippen LogP contribution >= 0.6 is 0 Å². The van der Waals surface area contributed by atoms with Gasteiger partial charge in [-0.05, 0) is 33.1 Å². The van der Waals surface area contributed by atoms with Crippen LogP contribution in [0.5, 0.6) is 0 Å². The van der Waals surface area contributed by atoms with Gasteiger partial charge in [0.05, 0.1) is 0 Å². The Hall–Kier alpha value is -0.730. The van der Waals surface area contributed by atoms with Gasteiger partial charge in [0, 0.05) is 6.54 Å². The summed E-state index contributed by atoms with van der Waals surface area (Å²) in [4.78, 5) is 11.3. The summed E-state index contributed by atoms with van der Waals surface area (Å²) in [5.41, 5.74) is -0.406. The van der Waals surface area contributed by atoms with E-state index in [2.05, 4.69) is 19.2 Å². The average Bonchev–Trinajstić information content (AvgIpc) is 2.08. The molecule has 90 valence electrons. The van der Waals surface area contributed by atoms with Gasteiger partial charge in [-0.1, -0.05) is 26.7 Å². The molecule has 3 heteroatoms. The molecular weight excluding hydrogens is 190 g/mol. The van der Waals surface area contributed by atoms with E-state index in [9.17, 15) is 4.79 Å². The number of carbonyl (C=O) groups is 1. The molecule has 0 radical (unpaired) electrons. The van der Waals surface area contributed by atoms with Crippen LogP contribution in [0.3, 0.4) is 0 Å². The topological polar surface area (TPSA) is 38.3 Å². The molecule has 0 aromatic rings. The molecule has 1 atom stereocenters. The van der Waals surface area contributed by atoms with Crippen LogP contribution in [0, 0.1) is 5.92 Å². The molecular formula is C12H25NO2. The van der Waals surface area contributed by atoms with Gasteiger partial charge >= 0.3 is 6.09 Å². The molecule has 0 aromatic carbocycles. The molecule has 0 fully saturated rings. The predicted octanol–water partition coefficient (Wildman–Crippen LogP) is 3.34. The maximum atomic E-state index is 11.3. The van der Waals surface area contributed by atoms with Gasteiger partial charge in [0.1, 0.15) is 5.60 Å². The zero-order valence-electron chi connectivity index (χ0n) is 10.7. The van der Waals surface area contributed by atoms with E-state index in [-0.39, 0.29) is 6.09 Å². The van der Waals surface area contributed by atoms with E-state index in [0.29, 0.717) is 12.5 Å². The van der Waals surface area contributed by atoms with Crippen LogP contribution in [-0.4, -0.2) is 18.2 Å². The Morgan fingerprint density at radius 1 is 1.40 bits per heavy atom. The molecule has 0 saturated carbocycles. The van der Waals surface area contributed by atoms with Gasteiger partial charge in [-0.3, -0.25) is 0 Å². The number of nitrogens with one attached hydrogen (secondary N) is 1. The standard InChI is InChI=1S/C12H25NO2/c1-6-7-8-10(2)9-13-11(14)15-12(3,4)5/h10H,6-9H2,1-5H3,(H,13,14). The van der Waals surface area contributed by atoms with Gasteiger partial charge in [0.2, 0.25) is 0 Å². The second-order valence-electron chi connectivity index (χ2n) is 5.13. The molecule has 1 N–H and O–H groups in total. The lowest BCUT2D eigenvalue weighted by Crippen LogP contribution is -2.34. The van der Waals surface area contributed by atoms with Crippen LogP contribution in [0.25, 0.3) is 0 Å². The molecule has 15 heavy (non-hydrogen) atoms. The Morgan fingerprint density at radius 2 is 2.00 bits per heavy atom. The largest absolute Gasteiger partial charge is 0.444 e. The Morgan fingerprint density at radius 3 is 2.47 bits per heavy atom. The number of alkyl carbamates (subject to hydrolysis) is 1. The maximum absolute atomic E-state index is 11.3. The summed E-state index contributed by atoms with van der Waals surface area (Å²) in [5.74, 6) is 0.525. The number of unbranched alkanes of at least 4 members (excludes halogenated alkanes) is 1. The third-order valence-corrected chi connectivity index (χ3v) is 2.04. The van der Waals surface area contributed by atoms with Gasteiger partial charge < -0.3 is 10.1 Å². The minimum Gasteiger partial charge on any atom is -0.444 e. The van der Waals surface area contributed by atoms with Crippen LogP contribution in [-0.2, 0) is 4.74 Å². The van der Waals surface area contributed by atoms with Crippen molar-refractivity contribution in [2.24, 2.45) is 5.92 Å². The minimum absolute atomic E-state index is 0.314. The SMILES string of the molecule is CCCCC(C)CNC(=O)OC(C)(C)C. The van der Waals surface area contributed by atoms with Gasteiger partial charge in [0.15, 0.2) is 0 Å². The quantitative estimate of drug-likeness (QED) is 0.764. The van der Waals surface area contributed by atoms with Crippen molar-refractivity contribution < 1.29 is 9.53 Å². The summed E-state index contributed by atoms with van der Waals surface area (Å²) < 4.78 is 5.14. The van der Waals surface area contributed by atoms with Crippen molar-refractivity contribution in [3.05, 3.63) is 0 Å². The Kier molecular flexibility index (Phi) is 6.37. The monoisotopic (exact) mass is 215 g/mol. The molecule has 0 saturated heterocycles. The fourth-order valence-corrected chi connectivity index (χ4v) is 1.23. The van der Waals surface area contributed by atoms with Gasteiger partial charge in [-0.15, -0.1) is 0 Å². The highest BCUT2D eigenvalue weighted by molar-refractivity contribution is 5.67. The highest BCUT2D eigenvalue weighted by Crippen LogP contribution is 2.08. The molecule has 0 aliphatic rings. The smallest absolute Gasteiger partial charge is 0.407 e. The Balaban J connectivity index is 3.62. The molecule has 0 aromatic heterocycles. The zero-order chi connectivity index (χ0) is 11.9. The van der Waals surface area contributed by atoms with Crippen LogP contribution < -0.4 is 5.32 Å². The third kappa shape index (κ3) is 9.57. The fraction of sp³-hybridized carbons (Fsp3) is 0.917. The summed E-state index contributed by atoms with van der Waals surface area (Å²) >= 11 is 0. The molecule has 3 nitrogen and oxygen atoms in total. The first-order valence-electron chi connectivity index (χ1n) is 5.82. The predicted molar refractivity (Wildman–Crippen MR) is 62.9 cm³/mol. The molecule has 0 heterocycles. The number of amides is 1. The minimum atomic E-state index is -0.406. The first kappa shape index (κ1) is 14.3.